The molecule has 2 amide bonds. The maximum Gasteiger partial charge on any atom is 0.228 e. The lowest BCUT2D eigenvalue weighted by Gasteiger charge is -2.35. The zero-order chi connectivity index (χ0) is 17.3. The second kappa shape index (κ2) is 6.87. The van der Waals surface area contributed by atoms with E-state index in [1.165, 1.54) is 6.07 Å². The molecule has 2 aliphatic rings. The molecule has 1 saturated heterocycles. The summed E-state index contributed by atoms with van der Waals surface area (Å²) < 4.78 is 26.5. The molecular formula is C18H22F2N2O2. The van der Waals surface area contributed by atoms with Crippen molar-refractivity contribution < 1.29 is 18.4 Å². The summed E-state index contributed by atoms with van der Waals surface area (Å²) in [7, 11) is 0. The fourth-order valence-electron chi connectivity index (χ4n) is 3.50. The largest absolute Gasteiger partial charge is 0.339 e. The van der Waals surface area contributed by atoms with Gasteiger partial charge >= 0.3 is 0 Å². The maximum absolute atomic E-state index is 13.6. The molecule has 1 N–H and O–H groups in total. The molecule has 1 aliphatic heterocycles. The molecule has 3 unspecified atom stereocenters. The van der Waals surface area contributed by atoms with Gasteiger partial charge in [0.05, 0.1) is 17.5 Å². The number of amides is 2. The molecule has 3 rings (SSSR count). The number of rotatable bonds is 4. The van der Waals surface area contributed by atoms with Crippen LogP contribution in [0, 0.1) is 23.5 Å². The highest BCUT2D eigenvalue weighted by molar-refractivity contribution is 5.99. The summed E-state index contributed by atoms with van der Waals surface area (Å²) in [5.41, 5.74) is -0.0519. The zero-order valence-electron chi connectivity index (χ0n) is 13.7. The van der Waals surface area contributed by atoms with E-state index >= 15 is 0 Å². The highest BCUT2D eigenvalue weighted by Crippen LogP contribution is 2.42. The molecule has 1 aromatic rings. The average Bonchev–Trinajstić information content (AvgIpc) is 3.37. The van der Waals surface area contributed by atoms with Gasteiger partial charge in [-0.25, -0.2) is 8.78 Å². The minimum absolute atomic E-state index is 0.0429. The number of likely N-dealkylation sites (tertiary alicyclic amines) is 1. The summed E-state index contributed by atoms with van der Waals surface area (Å²) >= 11 is 0. The zero-order valence-corrected chi connectivity index (χ0v) is 13.7. The molecule has 24 heavy (non-hydrogen) atoms. The number of anilines is 1. The Labute approximate surface area is 140 Å². The lowest BCUT2D eigenvalue weighted by molar-refractivity contribution is -0.137. The molecule has 130 valence electrons. The summed E-state index contributed by atoms with van der Waals surface area (Å²) in [4.78, 5) is 26.8. The molecule has 0 aromatic heterocycles. The molecule has 2 fully saturated rings. The minimum atomic E-state index is -0.811. The molecule has 0 spiro atoms. The minimum Gasteiger partial charge on any atom is -0.339 e. The molecule has 6 heteroatoms. The normalized spacial score (nSPS) is 26.1. The van der Waals surface area contributed by atoms with E-state index in [1.54, 1.807) is 0 Å². The number of piperidine rings is 1. The van der Waals surface area contributed by atoms with E-state index in [-0.39, 0.29) is 29.5 Å². The third-order valence-electron chi connectivity index (χ3n) is 5.01. The van der Waals surface area contributed by atoms with Gasteiger partial charge in [0, 0.05) is 18.7 Å². The average molecular weight is 336 g/mol. The van der Waals surface area contributed by atoms with Crippen LogP contribution >= 0.6 is 0 Å². The number of halogens is 2. The molecule has 1 heterocycles. The van der Waals surface area contributed by atoms with Gasteiger partial charge in [0.1, 0.15) is 11.6 Å². The summed E-state index contributed by atoms with van der Waals surface area (Å²) in [5.74, 6) is -2.55. The maximum atomic E-state index is 13.6. The number of nitrogens with one attached hydrogen (secondary N) is 1. The van der Waals surface area contributed by atoms with E-state index in [9.17, 15) is 18.4 Å². The van der Waals surface area contributed by atoms with Gasteiger partial charge in [0.15, 0.2) is 0 Å². The van der Waals surface area contributed by atoms with Crippen LogP contribution < -0.4 is 5.32 Å². The number of nitrogens with zero attached hydrogens (tertiary/aromatic N) is 1. The molecular weight excluding hydrogens is 314 g/mol. The second-order valence-electron chi connectivity index (χ2n) is 6.65. The Hall–Kier alpha value is -1.98. The van der Waals surface area contributed by atoms with E-state index in [4.69, 9.17) is 0 Å². The van der Waals surface area contributed by atoms with Gasteiger partial charge < -0.3 is 10.2 Å². The number of carbonyl (C=O) groups is 2. The second-order valence-corrected chi connectivity index (χ2v) is 6.65. The standard InChI is InChI=1S/C18H22F2N2O2/c1-2-12-5-3-4-8-22(12)18(24)14-10-13(14)17(23)21-16-7-6-11(19)9-15(16)20/h6-7,9,12-14H,2-5,8,10H2,1H3,(H,21,23). The van der Waals surface area contributed by atoms with Gasteiger partial charge in [-0.2, -0.15) is 0 Å². The first kappa shape index (κ1) is 16.9. The van der Waals surface area contributed by atoms with Crippen LogP contribution in [0.2, 0.25) is 0 Å². The number of hydrogen-bond donors (Lipinski definition) is 1. The van der Waals surface area contributed by atoms with Crippen LogP contribution in [0.3, 0.4) is 0 Å². The van der Waals surface area contributed by atoms with E-state index in [0.29, 0.717) is 6.42 Å². The highest BCUT2D eigenvalue weighted by atomic mass is 19.1. The Morgan fingerprint density at radius 3 is 2.75 bits per heavy atom. The van der Waals surface area contributed by atoms with Gasteiger partial charge in [-0.05, 0) is 44.2 Å². The molecule has 0 radical (unpaired) electrons. The third-order valence-corrected chi connectivity index (χ3v) is 5.01. The predicted octanol–water partition coefficient (Wildman–Crippen LogP) is 3.33. The van der Waals surface area contributed by atoms with Crippen molar-refractivity contribution in [3.8, 4) is 0 Å². The number of hydrogen-bond acceptors (Lipinski definition) is 2. The van der Waals surface area contributed by atoms with E-state index in [0.717, 1.165) is 44.4 Å². The number of benzene rings is 1. The summed E-state index contributed by atoms with van der Waals surface area (Å²) in [6.45, 7) is 2.83. The third kappa shape index (κ3) is 3.42. The van der Waals surface area contributed by atoms with Crippen molar-refractivity contribution in [3.05, 3.63) is 29.8 Å². The predicted molar refractivity (Wildman–Crippen MR) is 86.2 cm³/mol. The Morgan fingerprint density at radius 2 is 2.04 bits per heavy atom. The Balaban J connectivity index is 1.59. The highest BCUT2D eigenvalue weighted by Gasteiger charge is 2.50. The van der Waals surface area contributed by atoms with E-state index < -0.39 is 17.6 Å². The molecule has 1 aliphatic carbocycles. The lowest BCUT2D eigenvalue weighted by Crippen LogP contribution is -2.44. The van der Waals surface area contributed by atoms with Gasteiger partial charge in [0.25, 0.3) is 0 Å². The fraction of sp³-hybridized carbons (Fsp3) is 0.556. The first-order valence-electron chi connectivity index (χ1n) is 8.57. The number of carbonyl (C=O) groups excluding carboxylic acids is 2. The Kier molecular flexibility index (Phi) is 4.83. The molecule has 1 saturated carbocycles. The molecule has 3 atom stereocenters. The smallest absolute Gasteiger partial charge is 0.228 e. The van der Waals surface area contributed by atoms with Crippen LogP contribution in [0.25, 0.3) is 0 Å². The Bertz CT molecular complexity index is 650. The van der Waals surface area contributed by atoms with E-state index in [2.05, 4.69) is 12.2 Å². The first-order chi connectivity index (χ1) is 11.5. The quantitative estimate of drug-likeness (QED) is 0.917. The lowest BCUT2D eigenvalue weighted by atomic mass is 9.99. The van der Waals surface area contributed by atoms with E-state index in [1.807, 2.05) is 4.90 Å². The van der Waals surface area contributed by atoms with Gasteiger partial charge in [-0.3, -0.25) is 9.59 Å². The first-order valence-corrected chi connectivity index (χ1v) is 8.57. The summed E-state index contributed by atoms with van der Waals surface area (Å²) in [6.07, 6.45) is 4.59. The van der Waals surface area contributed by atoms with Crippen molar-refractivity contribution in [2.75, 3.05) is 11.9 Å². The van der Waals surface area contributed by atoms with Crippen LogP contribution in [0.4, 0.5) is 14.5 Å². The summed E-state index contributed by atoms with van der Waals surface area (Å²) in [5, 5.41) is 2.46. The van der Waals surface area contributed by atoms with Crippen LogP contribution in [-0.4, -0.2) is 29.3 Å². The van der Waals surface area contributed by atoms with Crippen molar-refractivity contribution in [2.45, 2.75) is 45.1 Å². The van der Waals surface area contributed by atoms with Crippen LogP contribution in [-0.2, 0) is 9.59 Å². The fourth-order valence-corrected chi connectivity index (χ4v) is 3.50. The van der Waals surface area contributed by atoms with Crippen LogP contribution in [0.1, 0.15) is 39.0 Å². The van der Waals surface area contributed by atoms with Gasteiger partial charge in [-0.15, -0.1) is 0 Å². The molecule has 4 nitrogen and oxygen atoms in total. The topological polar surface area (TPSA) is 49.4 Å². The SMILES string of the molecule is CCC1CCCCN1C(=O)C1CC1C(=O)Nc1ccc(F)cc1F. The van der Waals surface area contributed by atoms with Crippen molar-refractivity contribution in [2.24, 2.45) is 11.8 Å². The van der Waals surface area contributed by atoms with Crippen LogP contribution in [0.15, 0.2) is 18.2 Å². The monoisotopic (exact) mass is 336 g/mol. The molecule has 0 bridgehead atoms. The summed E-state index contributed by atoms with van der Waals surface area (Å²) in [6, 6.07) is 3.28. The van der Waals surface area contributed by atoms with Crippen molar-refractivity contribution >= 4 is 17.5 Å². The Morgan fingerprint density at radius 1 is 1.25 bits per heavy atom. The van der Waals surface area contributed by atoms with Crippen molar-refractivity contribution in [3.63, 3.8) is 0 Å². The van der Waals surface area contributed by atoms with Crippen molar-refractivity contribution in [1.29, 1.82) is 0 Å². The van der Waals surface area contributed by atoms with Crippen LogP contribution in [0.5, 0.6) is 0 Å². The molecule has 1 aromatic carbocycles. The van der Waals surface area contributed by atoms with Crippen molar-refractivity contribution in [1.82, 2.24) is 4.90 Å². The van der Waals surface area contributed by atoms with Gasteiger partial charge in [0.2, 0.25) is 11.8 Å². The van der Waals surface area contributed by atoms with Gasteiger partial charge in [-0.1, -0.05) is 6.92 Å².